The SMILES string of the molecule is CCc1cc2c(Cl)nc(C3CC4CCC3O4)nc2s1. The van der Waals surface area contributed by atoms with Crippen LogP contribution in [-0.4, -0.2) is 22.2 Å². The van der Waals surface area contributed by atoms with E-state index in [2.05, 4.69) is 18.0 Å². The zero-order valence-electron chi connectivity index (χ0n) is 10.7. The van der Waals surface area contributed by atoms with Gasteiger partial charge in [-0.15, -0.1) is 11.3 Å². The number of hydrogen-bond acceptors (Lipinski definition) is 4. The van der Waals surface area contributed by atoms with Crippen LogP contribution in [0.4, 0.5) is 0 Å². The fourth-order valence-corrected chi connectivity index (χ4v) is 4.46. The molecule has 2 aromatic heterocycles. The highest BCUT2D eigenvalue weighted by atomic mass is 35.5. The molecule has 3 unspecified atom stereocenters. The molecule has 0 saturated carbocycles. The Morgan fingerprint density at radius 1 is 1.42 bits per heavy atom. The number of aromatic nitrogens is 2. The molecule has 2 aliphatic heterocycles. The van der Waals surface area contributed by atoms with Crippen molar-refractivity contribution in [2.24, 2.45) is 0 Å². The maximum Gasteiger partial charge on any atom is 0.141 e. The first-order valence-corrected chi connectivity index (χ1v) is 8.05. The molecule has 2 fully saturated rings. The Kier molecular flexibility index (Phi) is 2.79. The lowest BCUT2D eigenvalue weighted by Crippen LogP contribution is -2.17. The lowest BCUT2D eigenvalue weighted by atomic mass is 9.88. The first kappa shape index (κ1) is 12.1. The maximum absolute atomic E-state index is 6.33. The molecule has 0 radical (unpaired) electrons. The highest BCUT2D eigenvalue weighted by molar-refractivity contribution is 7.18. The predicted octanol–water partition coefficient (Wildman–Crippen LogP) is 3.94. The van der Waals surface area contributed by atoms with Gasteiger partial charge in [0.1, 0.15) is 15.8 Å². The van der Waals surface area contributed by atoms with Gasteiger partial charge in [-0.1, -0.05) is 18.5 Å². The van der Waals surface area contributed by atoms with Crippen molar-refractivity contribution < 1.29 is 4.74 Å². The molecular formula is C14H15ClN2OS. The topological polar surface area (TPSA) is 35.0 Å². The van der Waals surface area contributed by atoms with Crippen LogP contribution in [-0.2, 0) is 11.2 Å². The molecule has 2 aromatic rings. The summed E-state index contributed by atoms with van der Waals surface area (Å²) in [5.74, 6) is 1.22. The predicted molar refractivity (Wildman–Crippen MR) is 77.1 cm³/mol. The van der Waals surface area contributed by atoms with E-state index in [1.807, 2.05) is 0 Å². The summed E-state index contributed by atoms with van der Waals surface area (Å²) < 4.78 is 5.90. The van der Waals surface area contributed by atoms with Crippen molar-refractivity contribution in [2.45, 2.75) is 50.7 Å². The van der Waals surface area contributed by atoms with Gasteiger partial charge in [0.25, 0.3) is 0 Å². The van der Waals surface area contributed by atoms with Gasteiger partial charge in [0.2, 0.25) is 0 Å². The Hall–Kier alpha value is -0.710. The van der Waals surface area contributed by atoms with Gasteiger partial charge in [-0.3, -0.25) is 0 Å². The second-order valence-corrected chi connectivity index (χ2v) is 6.85. The van der Waals surface area contributed by atoms with Crippen LogP contribution in [0.1, 0.15) is 42.8 Å². The number of aryl methyl sites for hydroxylation is 1. The van der Waals surface area contributed by atoms with Crippen molar-refractivity contribution >= 4 is 33.2 Å². The minimum absolute atomic E-state index is 0.309. The van der Waals surface area contributed by atoms with E-state index in [9.17, 15) is 0 Å². The third-order valence-corrected chi connectivity index (χ3v) is 5.66. The highest BCUT2D eigenvalue weighted by Crippen LogP contribution is 2.44. The van der Waals surface area contributed by atoms with Crippen LogP contribution in [0.2, 0.25) is 5.15 Å². The molecule has 4 rings (SSSR count). The van der Waals surface area contributed by atoms with E-state index in [4.69, 9.17) is 21.3 Å². The molecule has 19 heavy (non-hydrogen) atoms. The molecule has 2 aliphatic rings. The van der Waals surface area contributed by atoms with E-state index in [0.29, 0.717) is 23.3 Å². The van der Waals surface area contributed by atoms with E-state index in [-0.39, 0.29) is 0 Å². The summed E-state index contributed by atoms with van der Waals surface area (Å²) in [5, 5.41) is 1.59. The van der Waals surface area contributed by atoms with Crippen LogP contribution in [0, 0.1) is 0 Å². The summed E-state index contributed by atoms with van der Waals surface area (Å²) in [4.78, 5) is 11.6. The second-order valence-electron chi connectivity index (χ2n) is 5.37. The van der Waals surface area contributed by atoms with E-state index < -0.39 is 0 Å². The largest absolute Gasteiger partial charge is 0.374 e. The molecule has 100 valence electrons. The second kappa shape index (κ2) is 4.40. The van der Waals surface area contributed by atoms with Gasteiger partial charge in [0.05, 0.1) is 12.2 Å². The zero-order chi connectivity index (χ0) is 13.0. The minimum atomic E-state index is 0.309. The Labute approximate surface area is 121 Å². The maximum atomic E-state index is 6.33. The Morgan fingerprint density at radius 2 is 2.32 bits per heavy atom. The molecule has 3 nitrogen and oxygen atoms in total. The van der Waals surface area contributed by atoms with E-state index in [1.165, 1.54) is 11.3 Å². The molecule has 0 N–H and O–H groups in total. The van der Waals surface area contributed by atoms with Crippen molar-refractivity contribution in [2.75, 3.05) is 0 Å². The molecule has 5 heteroatoms. The van der Waals surface area contributed by atoms with Crippen molar-refractivity contribution in [1.82, 2.24) is 9.97 Å². The smallest absolute Gasteiger partial charge is 0.141 e. The normalized spacial score (nSPS) is 29.5. The number of hydrogen-bond donors (Lipinski definition) is 0. The van der Waals surface area contributed by atoms with Gasteiger partial charge < -0.3 is 4.74 Å². The van der Waals surface area contributed by atoms with Crippen molar-refractivity contribution in [1.29, 1.82) is 0 Å². The van der Waals surface area contributed by atoms with Crippen LogP contribution >= 0.6 is 22.9 Å². The number of thiophene rings is 1. The van der Waals surface area contributed by atoms with Gasteiger partial charge in [-0.2, -0.15) is 0 Å². The average molecular weight is 295 g/mol. The summed E-state index contributed by atoms with van der Waals surface area (Å²) in [6.45, 7) is 2.15. The third-order valence-electron chi connectivity index (χ3n) is 4.20. The number of nitrogens with zero attached hydrogens (tertiary/aromatic N) is 2. The molecule has 0 amide bonds. The molecule has 0 spiro atoms. The zero-order valence-corrected chi connectivity index (χ0v) is 12.3. The summed E-state index contributed by atoms with van der Waals surface area (Å²) in [5.41, 5.74) is 0. The number of halogens is 1. The number of fused-ring (bicyclic) bond motifs is 3. The van der Waals surface area contributed by atoms with Crippen LogP contribution < -0.4 is 0 Å². The summed E-state index contributed by atoms with van der Waals surface area (Å²) in [6, 6.07) is 2.11. The Morgan fingerprint density at radius 3 is 3.00 bits per heavy atom. The lowest BCUT2D eigenvalue weighted by Gasteiger charge is -2.17. The lowest BCUT2D eigenvalue weighted by molar-refractivity contribution is 0.0999. The van der Waals surface area contributed by atoms with Crippen molar-refractivity contribution in [3.8, 4) is 0 Å². The first-order valence-electron chi connectivity index (χ1n) is 6.86. The summed E-state index contributed by atoms with van der Waals surface area (Å²) in [6.07, 6.45) is 5.13. The van der Waals surface area contributed by atoms with Gasteiger partial charge in [-0.25, -0.2) is 9.97 Å². The molecular weight excluding hydrogens is 280 g/mol. The molecule has 0 aromatic carbocycles. The van der Waals surface area contributed by atoms with Crippen LogP contribution in [0.3, 0.4) is 0 Å². The molecule has 0 aliphatic carbocycles. The fourth-order valence-electron chi connectivity index (χ4n) is 3.20. The third kappa shape index (κ3) is 1.89. The Balaban J connectivity index is 1.78. The van der Waals surface area contributed by atoms with Gasteiger partial charge >= 0.3 is 0 Å². The van der Waals surface area contributed by atoms with Crippen molar-refractivity contribution in [3.63, 3.8) is 0 Å². The molecule has 2 saturated heterocycles. The quantitative estimate of drug-likeness (QED) is 0.787. The van der Waals surface area contributed by atoms with Gasteiger partial charge in [0.15, 0.2) is 0 Å². The van der Waals surface area contributed by atoms with Crippen LogP contribution in [0.25, 0.3) is 10.2 Å². The highest BCUT2D eigenvalue weighted by Gasteiger charge is 2.43. The van der Waals surface area contributed by atoms with E-state index >= 15 is 0 Å². The molecule has 4 heterocycles. The summed E-state index contributed by atoms with van der Waals surface area (Å²) >= 11 is 8.06. The van der Waals surface area contributed by atoms with E-state index in [1.54, 1.807) is 11.3 Å². The minimum Gasteiger partial charge on any atom is -0.374 e. The molecule has 3 atom stereocenters. The van der Waals surface area contributed by atoms with Crippen LogP contribution in [0.15, 0.2) is 6.07 Å². The van der Waals surface area contributed by atoms with Crippen molar-refractivity contribution in [3.05, 3.63) is 21.9 Å². The van der Waals surface area contributed by atoms with E-state index in [0.717, 1.165) is 35.3 Å². The fraction of sp³-hybridized carbons (Fsp3) is 0.571. The van der Waals surface area contributed by atoms with Gasteiger partial charge in [-0.05, 0) is 31.7 Å². The number of ether oxygens (including phenoxy) is 1. The Bertz CT molecular complexity index is 642. The van der Waals surface area contributed by atoms with Crippen LogP contribution in [0.5, 0.6) is 0 Å². The molecule has 2 bridgehead atoms. The average Bonchev–Trinajstić information content (AvgIpc) is 3.12. The van der Waals surface area contributed by atoms with Gasteiger partial charge in [0, 0.05) is 16.2 Å². The summed E-state index contributed by atoms with van der Waals surface area (Å²) in [7, 11) is 0. The standard InChI is InChI=1S/C14H15ClN2OS/c1-2-8-6-10-12(15)16-13(17-14(10)19-8)9-5-7-3-4-11(9)18-7/h6-7,9,11H,2-5H2,1H3. The first-order chi connectivity index (χ1) is 9.24. The number of rotatable bonds is 2. The monoisotopic (exact) mass is 294 g/mol.